The van der Waals surface area contributed by atoms with Crippen molar-refractivity contribution in [2.45, 2.75) is 12.8 Å². The lowest BCUT2D eigenvalue weighted by Crippen LogP contribution is -2.33. The Balaban J connectivity index is 1.83. The van der Waals surface area contributed by atoms with Gasteiger partial charge in [-0.05, 0) is 29.7 Å². The second kappa shape index (κ2) is 6.76. The summed E-state index contributed by atoms with van der Waals surface area (Å²) in [6.07, 6.45) is 0.466. The van der Waals surface area contributed by atoms with Gasteiger partial charge in [-0.3, -0.25) is 24.6 Å². The second-order valence-electron chi connectivity index (χ2n) is 5.67. The van der Waals surface area contributed by atoms with Crippen LogP contribution in [0.3, 0.4) is 0 Å². The molecule has 1 aliphatic rings. The molecule has 0 radical (unpaired) electrons. The normalized spacial score (nSPS) is 14.2. The first-order valence-corrected chi connectivity index (χ1v) is 7.83. The molecule has 130 valence electrons. The first-order valence-electron chi connectivity index (χ1n) is 7.83. The number of carbonyl (C=O) groups excluding carboxylic acids is 2. The molecule has 0 saturated carbocycles. The summed E-state index contributed by atoms with van der Waals surface area (Å²) in [7, 11) is 1.53. The molecule has 8 heteroatoms. The molecule has 3 rings (SSSR count). The Morgan fingerprint density at radius 1 is 1.20 bits per heavy atom. The zero-order chi connectivity index (χ0) is 18.0. The number of nitro benzene ring substituents is 1. The third-order valence-electron chi connectivity index (χ3n) is 4.19. The molecule has 1 saturated heterocycles. The van der Waals surface area contributed by atoms with E-state index >= 15 is 0 Å². The number of rotatable bonds is 6. The van der Waals surface area contributed by atoms with Gasteiger partial charge in [0.1, 0.15) is 11.4 Å². The fraction of sp³-hybridized carbons (Fsp3) is 0.294. The van der Waals surface area contributed by atoms with Gasteiger partial charge >= 0.3 is 0 Å². The van der Waals surface area contributed by atoms with E-state index in [2.05, 4.69) is 5.32 Å². The highest BCUT2D eigenvalue weighted by Crippen LogP contribution is 2.35. The van der Waals surface area contributed by atoms with Crippen LogP contribution < -0.4 is 10.1 Å². The number of anilines is 1. The number of hydrogen-bond donors (Lipinski definition) is 1. The number of likely N-dealkylation sites (tertiary alicyclic amines) is 1. The first-order chi connectivity index (χ1) is 12.0. The van der Waals surface area contributed by atoms with Crippen LogP contribution in [0.1, 0.15) is 12.8 Å². The van der Waals surface area contributed by atoms with Crippen LogP contribution in [0.4, 0.5) is 11.4 Å². The molecule has 0 atom stereocenters. The van der Waals surface area contributed by atoms with Crippen molar-refractivity contribution < 1.29 is 19.2 Å². The first kappa shape index (κ1) is 16.7. The molecule has 25 heavy (non-hydrogen) atoms. The summed E-state index contributed by atoms with van der Waals surface area (Å²) >= 11 is 0. The standard InChI is InChI=1S/C17H17N3O5/c1-25-12-3-4-13-11(10-12)2-5-14(17(13)20(23)24)18-8-9-19-15(21)6-7-16(19)22/h2-5,10,18H,6-9H2,1H3. The van der Waals surface area contributed by atoms with Gasteiger partial charge in [-0.25, -0.2) is 0 Å². The largest absolute Gasteiger partial charge is 0.497 e. The summed E-state index contributed by atoms with van der Waals surface area (Å²) in [6.45, 7) is 0.440. The van der Waals surface area contributed by atoms with Crippen molar-refractivity contribution in [3.8, 4) is 5.75 Å². The van der Waals surface area contributed by atoms with Gasteiger partial charge in [-0.1, -0.05) is 6.07 Å². The van der Waals surface area contributed by atoms with Gasteiger partial charge in [0.05, 0.1) is 17.4 Å². The molecule has 8 nitrogen and oxygen atoms in total. The number of benzene rings is 2. The van der Waals surface area contributed by atoms with E-state index in [0.29, 0.717) is 22.2 Å². The van der Waals surface area contributed by atoms with Crippen LogP contribution in [0.5, 0.6) is 5.75 Å². The van der Waals surface area contributed by atoms with Gasteiger partial charge in [0.2, 0.25) is 11.8 Å². The number of carbonyl (C=O) groups is 2. The van der Waals surface area contributed by atoms with Gasteiger partial charge in [0.15, 0.2) is 0 Å². The van der Waals surface area contributed by atoms with Gasteiger partial charge in [-0.2, -0.15) is 0 Å². The number of fused-ring (bicyclic) bond motifs is 1. The van der Waals surface area contributed by atoms with Gasteiger partial charge < -0.3 is 10.1 Å². The molecule has 0 bridgehead atoms. The highest BCUT2D eigenvalue weighted by atomic mass is 16.6. The molecule has 2 aromatic carbocycles. The Bertz CT molecular complexity index is 849. The molecule has 1 aliphatic heterocycles. The summed E-state index contributed by atoms with van der Waals surface area (Å²) < 4.78 is 5.14. The van der Waals surface area contributed by atoms with E-state index in [0.717, 1.165) is 0 Å². The van der Waals surface area contributed by atoms with E-state index in [9.17, 15) is 19.7 Å². The number of nitrogens with zero attached hydrogens (tertiary/aromatic N) is 2. The molecule has 2 amide bonds. The minimum atomic E-state index is -0.441. The summed E-state index contributed by atoms with van der Waals surface area (Å²) in [5.41, 5.74) is 0.306. The Morgan fingerprint density at radius 3 is 2.56 bits per heavy atom. The highest BCUT2D eigenvalue weighted by molar-refractivity contribution is 6.02. The molecule has 1 heterocycles. The topological polar surface area (TPSA) is 102 Å². The number of methoxy groups -OCH3 is 1. The fourth-order valence-electron chi connectivity index (χ4n) is 2.93. The summed E-state index contributed by atoms with van der Waals surface area (Å²) in [4.78, 5) is 35.5. The predicted octanol–water partition coefficient (Wildman–Crippen LogP) is 2.32. The third kappa shape index (κ3) is 3.23. The maximum Gasteiger partial charge on any atom is 0.300 e. The fourth-order valence-corrected chi connectivity index (χ4v) is 2.93. The molecule has 0 unspecified atom stereocenters. The van der Waals surface area contributed by atoms with Crippen molar-refractivity contribution in [2.24, 2.45) is 0 Å². The van der Waals surface area contributed by atoms with Crippen molar-refractivity contribution in [1.29, 1.82) is 0 Å². The molecule has 0 spiro atoms. The average Bonchev–Trinajstić information content (AvgIpc) is 2.92. The number of nitrogens with one attached hydrogen (secondary N) is 1. The average molecular weight is 343 g/mol. The van der Waals surface area contributed by atoms with Crippen LogP contribution in [0.15, 0.2) is 30.3 Å². The van der Waals surface area contributed by atoms with E-state index in [1.165, 1.54) is 12.0 Å². The Hall–Kier alpha value is -3.16. The van der Waals surface area contributed by atoms with Crippen LogP contribution in [0, 0.1) is 10.1 Å². The predicted molar refractivity (Wildman–Crippen MR) is 91.6 cm³/mol. The monoisotopic (exact) mass is 343 g/mol. The van der Waals surface area contributed by atoms with Gasteiger partial charge in [-0.15, -0.1) is 0 Å². The minimum absolute atomic E-state index is 0.0424. The van der Waals surface area contributed by atoms with E-state index < -0.39 is 4.92 Å². The van der Waals surface area contributed by atoms with E-state index in [1.807, 2.05) is 0 Å². The maximum absolute atomic E-state index is 11.6. The summed E-state index contributed by atoms with van der Waals surface area (Å²) in [5, 5.41) is 15.7. The quantitative estimate of drug-likeness (QED) is 0.491. The van der Waals surface area contributed by atoms with Crippen molar-refractivity contribution in [3.63, 3.8) is 0 Å². The van der Waals surface area contributed by atoms with E-state index in [1.54, 1.807) is 30.3 Å². The van der Waals surface area contributed by atoms with Crippen molar-refractivity contribution in [2.75, 3.05) is 25.5 Å². The smallest absolute Gasteiger partial charge is 0.300 e. The Morgan fingerprint density at radius 2 is 1.92 bits per heavy atom. The molecule has 0 aliphatic carbocycles. The van der Waals surface area contributed by atoms with Crippen molar-refractivity contribution in [1.82, 2.24) is 4.90 Å². The van der Waals surface area contributed by atoms with Crippen molar-refractivity contribution in [3.05, 3.63) is 40.4 Å². The van der Waals surface area contributed by atoms with E-state index in [4.69, 9.17) is 4.74 Å². The summed E-state index contributed by atoms with van der Waals surface area (Å²) in [5.74, 6) is 0.215. The number of nitro groups is 1. The zero-order valence-corrected chi connectivity index (χ0v) is 13.7. The maximum atomic E-state index is 11.6. The summed E-state index contributed by atoms with van der Waals surface area (Å²) in [6, 6.07) is 8.42. The molecular formula is C17H17N3O5. The SMILES string of the molecule is COc1ccc2c([N+](=O)[O-])c(NCCN3C(=O)CCC3=O)ccc2c1. The molecule has 0 aromatic heterocycles. The number of hydrogen-bond acceptors (Lipinski definition) is 6. The van der Waals surface area contributed by atoms with Gasteiger partial charge in [0, 0.05) is 25.9 Å². The molecule has 1 fully saturated rings. The van der Waals surface area contributed by atoms with Crippen LogP contribution >= 0.6 is 0 Å². The zero-order valence-electron chi connectivity index (χ0n) is 13.7. The minimum Gasteiger partial charge on any atom is -0.497 e. The van der Waals surface area contributed by atoms with Crippen LogP contribution in [0.25, 0.3) is 10.8 Å². The third-order valence-corrected chi connectivity index (χ3v) is 4.19. The second-order valence-corrected chi connectivity index (χ2v) is 5.67. The number of imide groups is 1. The number of amides is 2. The van der Waals surface area contributed by atoms with Crippen molar-refractivity contribution >= 4 is 34.0 Å². The van der Waals surface area contributed by atoms with E-state index in [-0.39, 0.29) is 43.4 Å². The highest BCUT2D eigenvalue weighted by Gasteiger charge is 2.28. The Kier molecular flexibility index (Phi) is 4.51. The lowest BCUT2D eigenvalue weighted by molar-refractivity contribution is -0.382. The van der Waals surface area contributed by atoms with Crippen LogP contribution in [0.2, 0.25) is 0 Å². The molecule has 1 N–H and O–H groups in total. The Labute approximate surface area is 143 Å². The number of ether oxygens (including phenoxy) is 1. The van der Waals surface area contributed by atoms with Gasteiger partial charge in [0.25, 0.3) is 5.69 Å². The van der Waals surface area contributed by atoms with Crippen LogP contribution in [-0.2, 0) is 9.59 Å². The molecular weight excluding hydrogens is 326 g/mol. The molecule has 2 aromatic rings. The lowest BCUT2D eigenvalue weighted by atomic mass is 10.1. The lowest BCUT2D eigenvalue weighted by Gasteiger charge is -2.15. The van der Waals surface area contributed by atoms with Crippen LogP contribution in [-0.4, -0.2) is 41.8 Å².